The van der Waals surface area contributed by atoms with Gasteiger partial charge >= 0.3 is 0 Å². The van der Waals surface area contributed by atoms with Crippen molar-refractivity contribution in [2.24, 2.45) is 7.05 Å². The van der Waals surface area contributed by atoms with Crippen molar-refractivity contribution >= 4 is 21.7 Å². The molecule has 1 aromatic heterocycles. The second-order valence-electron chi connectivity index (χ2n) is 4.67. The highest BCUT2D eigenvalue weighted by Crippen LogP contribution is 2.19. The van der Waals surface area contributed by atoms with Gasteiger partial charge in [0.1, 0.15) is 0 Å². The van der Waals surface area contributed by atoms with E-state index in [1.165, 1.54) is 0 Å². The van der Waals surface area contributed by atoms with Crippen LogP contribution in [0.4, 0.5) is 0 Å². The Morgan fingerprint density at radius 2 is 2.11 bits per heavy atom. The van der Waals surface area contributed by atoms with Crippen molar-refractivity contribution in [1.29, 1.82) is 0 Å². The lowest BCUT2D eigenvalue weighted by Gasteiger charge is -2.04. The molecule has 19 heavy (non-hydrogen) atoms. The molecule has 0 aliphatic heterocycles. The lowest BCUT2D eigenvalue weighted by Crippen LogP contribution is -2.08. The molecule has 0 saturated carbocycles. The number of nitrogens with zero attached hydrogens (tertiary/aromatic N) is 2. The fourth-order valence-corrected chi connectivity index (χ4v) is 2.32. The Balaban J connectivity index is 2.20. The first-order valence-corrected chi connectivity index (χ1v) is 7.11. The molecule has 4 heteroatoms. The number of rotatable bonds is 4. The fourth-order valence-electron chi connectivity index (χ4n) is 1.94. The van der Waals surface area contributed by atoms with Gasteiger partial charge in [-0.15, -0.1) is 0 Å². The predicted molar refractivity (Wildman–Crippen MR) is 79.5 cm³/mol. The molecule has 0 aliphatic rings. The van der Waals surface area contributed by atoms with E-state index < -0.39 is 0 Å². The van der Waals surface area contributed by atoms with Gasteiger partial charge in [-0.1, -0.05) is 35.0 Å². The third-order valence-corrected chi connectivity index (χ3v) is 4.08. The maximum absolute atomic E-state index is 12.3. The second kappa shape index (κ2) is 5.70. The molecule has 3 nitrogen and oxygen atoms in total. The monoisotopic (exact) mass is 320 g/mol. The van der Waals surface area contributed by atoms with Crippen LogP contribution in [0, 0.1) is 6.92 Å². The molecule has 2 rings (SSSR count). The lowest BCUT2D eigenvalue weighted by atomic mass is 10.0. The third-order valence-electron chi connectivity index (χ3n) is 3.23. The van der Waals surface area contributed by atoms with E-state index in [0.717, 1.165) is 33.4 Å². The quantitative estimate of drug-likeness (QED) is 0.808. The summed E-state index contributed by atoms with van der Waals surface area (Å²) in [6.07, 6.45) is 1.27. The molecule has 0 bridgehead atoms. The van der Waals surface area contributed by atoms with Crippen LogP contribution in [0.5, 0.6) is 0 Å². The van der Waals surface area contributed by atoms with Gasteiger partial charge in [0.2, 0.25) is 0 Å². The summed E-state index contributed by atoms with van der Waals surface area (Å²) < 4.78 is 2.76. The number of aromatic nitrogens is 2. The average Bonchev–Trinajstić information content (AvgIpc) is 2.73. The number of hydrogen-bond donors (Lipinski definition) is 0. The van der Waals surface area contributed by atoms with Crippen molar-refractivity contribution in [1.82, 2.24) is 9.78 Å². The van der Waals surface area contributed by atoms with E-state index in [1.807, 2.05) is 38.2 Å². The number of carbonyl (C=O) groups excluding carboxylic acids is 1. The van der Waals surface area contributed by atoms with E-state index >= 15 is 0 Å². The molecule has 1 aromatic carbocycles. The Morgan fingerprint density at radius 3 is 2.68 bits per heavy atom. The zero-order valence-corrected chi connectivity index (χ0v) is 13.0. The number of carbonyl (C=O) groups is 1. The van der Waals surface area contributed by atoms with Crippen LogP contribution >= 0.6 is 15.9 Å². The first kappa shape index (κ1) is 14.0. The van der Waals surface area contributed by atoms with Crippen molar-refractivity contribution in [3.63, 3.8) is 0 Å². The van der Waals surface area contributed by atoms with Gasteiger partial charge < -0.3 is 0 Å². The minimum atomic E-state index is 0.117. The van der Waals surface area contributed by atoms with E-state index in [2.05, 4.69) is 28.0 Å². The predicted octanol–water partition coefficient (Wildman–Crippen LogP) is 3.48. The molecule has 0 radical (unpaired) electrons. The van der Waals surface area contributed by atoms with Crippen LogP contribution in [-0.2, 0) is 19.9 Å². The summed E-state index contributed by atoms with van der Waals surface area (Å²) in [4.78, 5) is 12.3. The zero-order valence-electron chi connectivity index (χ0n) is 11.4. The Kier molecular flexibility index (Phi) is 4.20. The molecule has 0 aliphatic carbocycles. The minimum Gasteiger partial charge on any atom is -0.294 e. The van der Waals surface area contributed by atoms with Crippen LogP contribution in [0.2, 0.25) is 0 Å². The number of hydrogen-bond acceptors (Lipinski definition) is 2. The summed E-state index contributed by atoms with van der Waals surface area (Å²) in [6, 6.07) is 7.72. The summed E-state index contributed by atoms with van der Waals surface area (Å²) in [5.74, 6) is 0.117. The SMILES string of the molecule is CCc1cc(CC(=O)c2ccc(C)c(Br)c2)n(C)n1. The number of Topliss-reactive ketones (excluding diaryl/α,β-unsaturated/α-hetero) is 1. The van der Waals surface area contributed by atoms with Crippen LogP contribution in [0.25, 0.3) is 0 Å². The molecule has 0 unspecified atom stereocenters. The standard InChI is InChI=1S/C15H17BrN2O/c1-4-12-8-13(18(3)17-12)9-15(19)11-6-5-10(2)14(16)7-11/h5-8H,4,9H2,1-3H3. The van der Waals surface area contributed by atoms with Gasteiger partial charge in [-0.3, -0.25) is 9.48 Å². The Bertz CT molecular complexity index is 617. The van der Waals surface area contributed by atoms with Crippen molar-refractivity contribution < 1.29 is 4.79 Å². The Morgan fingerprint density at radius 1 is 1.37 bits per heavy atom. The highest BCUT2D eigenvalue weighted by molar-refractivity contribution is 9.10. The highest BCUT2D eigenvalue weighted by Gasteiger charge is 2.12. The van der Waals surface area contributed by atoms with E-state index in [9.17, 15) is 4.79 Å². The molecule has 0 spiro atoms. The first-order valence-electron chi connectivity index (χ1n) is 6.32. The van der Waals surface area contributed by atoms with E-state index in [1.54, 1.807) is 4.68 Å². The van der Waals surface area contributed by atoms with Gasteiger partial charge in [-0.05, 0) is 31.0 Å². The molecule has 100 valence electrons. The van der Waals surface area contributed by atoms with Gasteiger partial charge in [0.05, 0.1) is 12.1 Å². The Labute approximate surface area is 121 Å². The summed E-state index contributed by atoms with van der Waals surface area (Å²) >= 11 is 3.46. The molecule has 0 saturated heterocycles. The highest BCUT2D eigenvalue weighted by atomic mass is 79.9. The second-order valence-corrected chi connectivity index (χ2v) is 5.52. The van der Waals surface area contributed by atoms with Gasteiger partial charge in [-0.2, -0.15) is 5.10 Å². The van der Waals surface area contributed by atoms with Crippen molar-refractivity contribution in [3.05, 3.63) is 51.3 Å². The topological polar surface area (TPSA) is 34.9 Å². The van der Waals surface area contributed by atoms with Crippen LogP contribution in [0.15, 0.2) is 28.7 Å². The minimum absolute atomic E-state index is 0.117. The molecular formula is C15H17BrN2O. The summed E-state index contributed by atoms with van der Waals surface area (Å²) in [7, 11) is 1.88. The summed E-state index contributed by atoms with van der Waals surface area (Å²) in [6.45, 7) is 4.07. The molecule has 0 N–H and O–H groups in total. The van der Waals surface area contributed by atoms with Gasteiger partial charge in [0.25, 0.3) is 0 Å². The van der Waals surface area contributed by atoms with Crippen LogP contribution in [0.3, 0.4) is 0 Å². The van der Waals surface area contributed by atoms with Crippen LogP contribution < -0.4 is 0 Å². The molecule has 1 heterocycles. The molecular weight excluding hydrogens is 304 g/mol. The van der Waals surface area contributed by atoms with Crippen molar-refractivity contribution in [2.45, 2.75) is 26.7 Å². The lowest BCUT2D eigenvalue weighted by molar-refractivity contribution is 0.0990. The normalized spacial score (nSPS) is 10.7. The summed E-state index contributed by atoms with van der Waals surface area (Å²) in [5, 5.41) is 4.36. The molecule has 0 atom stereocenters. The third kappa shape index (κ3) is 3.13. The zero-order chi connectivity index (χ0) is 14.0. The number of aryl methyl sites for hydroxylation is 3. The fraction of sp³-hybridized carbons (Fsp3) is 0.333. The largest absolute Gasteiger partial charge is 0.294 e. The summed E-state index contributed by atoms with van der Waals surface area (Å²) in [5.41, 5.74) is 3.84. The van der Waals surface area contributed by atoms with Gasteiger partial charge in [0, 0.05) is 22.8 Å². The number of halogens is 1. The maximum Gasteiger partial charge on any atom is 0.168 e. The molecule has 0 fully saturated rings. The van der Waals surface area contributed by atoms with E-state index in [0.29, 0.717) is 6.42 Å². The van der Waals surface area contributed by atoms with Crippen LogP contribution in [0.1, 0.15) is 34.2 Å². The number of ketones is 1. The average molecular weight is 321 g/mol. The molecule has 2 aromatic rings. The first-order chi connectivity index (χ1) is 9.01. The van der Waals surface area contributed by atoms with E-state index in [4.69, 9.17) is 0 Å². The maximum atomic E-state index is 12.3. The number of benzene rings is 1. The van der Waals surface area contributed by atoms with Gasteiger partial charge in [-0.25, -0.2) is 0 Å². The van der Waals surface area contributed by atoms with Gasteiger partial charge in [0.15, 0.2) is 5.78 Å². The van der Waals surface area contributed by atoms with Crippen LogP contribution in [-0.4, -0.2) is 15.6 Å². The Hall–Kier alpha value is -1.42. The van der Waals surface area contributed by atoms with E-state index in [-0.39, 0.29) is 5.78 Å². The smallest absolute Gasteiger partial charge is 0.168 e. The molecule has 0 amide bonds. The van der Waals surface area contributed by atoms with Crippen molar-refractivity contribution in [2.75, 3.05) is 0 Å². The van der Waals surface area contributed by atoms with Crippen molar-refractivity contribution in [3.8, 4) is 0 Å².